The molecule has 2 amide bonds. The van der Waals surface area contributed by atoms with Gasteiger partial charge in [0.1, 0.15) is 24.1 Å². The van der Waals surface area contributed by atoms with Crippen molar-refractivity contribution in [1.82, 2.24) is 10.2 Å². The molecule has 0 heterocycles. The van der Waals surface area contributed by atoms with Gasteiger partial charge in [-0.2, -0.15) is 0 Å². The first-order valence-corrected chi connectivity index (χ1v) is 16.6. The van der Waals surface area contributed by atoms with Crippen molar-refractivity contribution < 1.29 is 37.0 Å². The van der Waals surface area contributed by atoms with Gasteiger partial charge >= 0.3 is 0 Å². The molecule has 1 unspecified atom stereocenters. The van der Waals surface area contributed by atoms with Crippen LogP contribution in [0.2, 0.25) is 5.02 Å². The molecule has 1 aliphatic carbocycles. The highest BCUT2D eigenvalue weighted by atomic mass is 35.5. The van der Waals surface area contributed by atoms with Gasteiger partial charge in [0.15, 0.2) is 11.5 Å². The van der Waals surface area contributed by atoms with E-state index < -0.39 is 28.5 Å². The van der Waals surface area contributed by atoms with E-state index in [4.69, 9.17) is 30.5 Å². The first-order valence-electron chi connectivity index (χ1n) is 14.8. The van der Waals surface area contributed by atoms with E-state index in [0.717, 1.165) is 30.0 Å². The Labute approximate surface area is 275 Å². The second-order valence-corrected chi connectivity index (χ2v) is 13.2. The standard InChI is InChI=1S/C33H40ClN3O8S/c1-22(33(39)35-25-8-6-7-9-25)36(20-23-10-12-24(34)13-11-23)32(38)21-37(28-18-26(42-2)14-16-29(28)43-3)46(40,41)27-15-17-30(44-4)31(19-27)45-5/h10-19,22,25H,6-9,20-21H2,1-5H3,(H,35,39). The van der Waals surface area contributed by atoms with Crippen LogP contribution in [0.4, 0.5) is 5.69 Å². The number of nitrogens with zero attached hydrogens (tertiary/aromatic N) is 2. The third-order valence-corrected chi connectivity index (χ3v) is 10.0. The smallest absolute Gasteiger partial charge is 0.265 e. The van der Waals surface area contributed by atoms with E-state index in [1.54, 1.807) is 43.3 Å². The van der Waals surface area contributed by atoms with E-state index in [2.05, 4.69) is 5.32 Å². The summed E-state index contributed by atoms with van der Waals surface area (Å²) in [6, 6.07) is 14.8. The monoisotopic (exact) mass is 673 g/mol. The molecular formula is C33H40ClN3O8S. The number of benzene rings is 3. The second kappa shape index (κ2) is 15.4. The van der Waals surface area contributed by atoms with Gasteiger partial charge in [0.2, 0.25) is 11.8 Å². The lowest BCUT2D eigenvalue weighted by Gasteiger charge is -2.33. The van der Waals surface area contributed by atoms with Crippen LogP contribution in [-0.4, -0.2) is 72.2 Å². The molecule has 1 saturated carbocycles. The normalized spacial score (nSPS) is 13.9. The topological polar surface area (TPSA) is 124 Å². The van der Waals surface area contributed by atoms with Crippen molar-refractivity contribution >= 4 is 39.1 Å². The number of carbonyl (C=O) groups is 2. The zero-order valence-corrected chi connectivity index (χ0v) is 28.2. The minimum atomic E-state index is -4.44. The molecule has 1 fully saturated rings. The zero-order chi connectivity index (χ0) is 33.4. The summed E-state index contributed by atoms with van der Waals surface area (Å²) < 4.78 is 51.4. The number of hydrogen-bond donors (Lipinski definition) is 1. The summed E-state index contributed by atoms with van der Waals surface area (Å²) in [6.07, 6.45) is 3.79. The first kappa shape index (κ1) is 34.7. The second-order valence-electron chi connectivity index (χ2n) is 10.9. The van der Waals surface area contributed by atoms with Crippen LogP contribution >= 0.6 is 11.6 Å². The number of nitrogens with one attached hydrogen (secondary N) is 1. The molecule has 46 heavy (non-hydrogen) atoms. The maximum absolute atomic E-state index is 14.4. The number of methoxy groups -OCH3 is 4. The highest BCUT2D eigenvalue weighted by Crippen LogP contribution is 2.38. The summed E-state index contributed by atoms with van der Waals surface area (Å²) in [7, 11) is 1.24. The molecule has 0 radical (unpaired) electrons. The maximum Gasteiger partial charge on any atom is 0.265 e. The molecule has 13 heteroatoms. The Balaban J connectivity index is 1.79. The van der Waals surface area contributed by atoms with Crippen molar-refractivity contribution in [2.45, 2.75) is 56.1 Å². The number of anilines is 1. The molecule has 0 saturated heterocycles. The quantitative estimate of drug-likeness (QED) is 0.252. The van der Waals surface area contributed by atoms with E-state index in [1.165, 1.54) is 57.6 Å². The van der Waals surface area contributed by atoms with Gasteiger partial charge in [-0.25, -0.2) is 8.42 Å². The van der Waals surface area contributed by atoms with E-state index in [-0.39, 0.29) is 40.6 Å². The van der Waals surface area contributed by atoms with Crippen LogP contribution < -0.4 is 28.6 Å². The van der Waals surface area contributed by atoms with Crippen molar-refractivity contribution in [2.24, 2.45) is 0 Å². The number of rotatable bonds is 14. The summed E-state index contributed by atoms with van der Waals surface area (Å²) in [5, 5.41) is 3.58. The Morgan fingerprint density at radius 2 is 1.50 bits per heavy atom. The minimum Gasteiger partial charge on any atom is -0.497 e. The molecule has 11 nitrogen and oxygen atoms in total. The van der Waals surface area contributed by atoms with Crippen LogP contribution in [0.25, 0.3) is 0 Å². The lowest BCUT2D eigenvalue weighted by atomic mass is 10.1. The number of carbonyl (C=O) groups excluding carboxylic acids is 2. The van der Waals surface area contributed by atoms with Crippen molar-refractivity contribution in [1.29, 1.82) is 0 Å². The summed E-state index contributed by atoms with van der Waals surface area (Å²) in [5.74, 6) is 0.126. The minimum absolute atomic E-state index is 0.0328. The molecule has 4 rings (SSSR count). The highest BCUT2D eigenvalue weighted by Gasteiger charge is 2.35. The lowest BCUT2D eigenvalue weighted by Crippen LogP contribution is -2.52. The Bertz CT molecular complexity index is 1630. The molecule has 0 aromatic heterocycles. The van der Waals surface area contributed by atoms with Crippen molar-refractivity contribution in [2.75, 3.05) is 39.3 Å². The van der Waals surface area contributed by atoms with Gasteiger partial charge in [0.25, 0.3) is 10.0 Å². The number of ether oxygens (including phenoxy) is 4. The van der Waals surface area contributed by atoms with Crippen LogP contribution in [0, 0.1) is 0 Å². The van der Waals surface area contributed by atoms with Crippen molar-refractivity contribution in [3.8, 4) is 23.0 Å². The van der Waals surface area contributed by atoms with Crippen LogP contribution in [0.15, 0.2) is 65.6 Å². The maximum atomic E-state index is 14.4. The summed E-state index contributed by atoms with van der Waals surface area (Å²) in [5.41, 5.74) is 0.783. The van der Waals surface area contributed by atoms with Gasteiger partial charge in [-0.15, -0.1) is 0 Å². The summed E-state index contributed by atoms with van der Waals surface area (Å²) in [4.78, 5) is 29.0. The van der Waals surface area contributed by atoms with Crippen molar-refractivity contribution in [3.05, 3.63) is 71.2 Å². The van der Waals surface area contributed by atoms with Crippen molar-refractivity contribution in [3.63, 3.8) is 0 Å². The van der Waals surface area contributed by atoms with E-state index >= 15 is 0 Å². The van der Waals surface area contributed by atoms with Gasteiger partial charge in [0, 0.05) is 29.7 Å². The van der Waals surface area contributed by atoms with Gasteiger partial charge in [0.05, 0.1) is 39.0 Å². The first-order chi connectivity index (χ1) is 22.0. The fourth-order valence-electron chi connectivity index (χ4n) is 5.37. The largest absolute Gasteiger partial charge is 0.497 e. The van der Waals surface area contributed by atoms with Crippen LogP contribution in [0.3, 0.4) is 0 Å². The molecular weight excluding hydrogens is 634 g/mol. The number of halogens is 1. The van der Waals surface area contributed by atoms with Gasteiger partial charge in [-0.3, -0.25) is 13.9 Å². The molecule has 0 aliphatic heterocycles. The molecule has 1 N–H and O–H groups in total. The van der Waals surface area contributed by atoms with E-state index in [9.17, 15) is 18.0 Å². The fourth-order valence-corrected chi connectivity index (χ4v) is 6.93. The summed E-state index contributed by atoms with van der Waals surface area (Å²) in [6.45, 7) is 1.01. The predicted molar refractivity (Wildman–Crippen MR) is 175 cm³/mol. The number of sulfonamides is 1. The van der Waals surface area contributed by atoms with E-state index in [1.807, 2.05) is 0 Å². The number of amides is 2. The average molecular weight is 674 g/mol. The third kappa shape index (κ3) is 7.97. The molecule has 0 bridgehead atoms. The molecule has 1 aliphatic rings. The molecule has 3 aromatic rings. The van der Waals surface area contributed by atoms with E-state index in [0.29, 0.717) is 22.1 Å². The van der Waals surface area contributed by atoms with Crippen LogP contribution in [-0.2, 0) is 26.2 Å². The Hall–Kier alpha value is -4.16. The molecule has 1 atom stereocenters. The number of hydrogen-bond acceptors (Lipinski definition) is 8. The van der Waals surface area contributed by atoms with Gasteiger partial charge in [-0.05, 0) is 61.7 Å². The Morgan fingerprint density at radius 1 is 0.870 bits per heavy atom. The van der Waals surface area contributed by atoms with Crippen LogP contribution in [0.5, 0.6) is 23.0 Å². The Kier molecular flexibility index (Phi) is 11.6. The summed E-state index contributed by atoms with van der Waals surface area (Å²) >= 11 is 6.10. The Morgan fingerprint density at radius 3 is 2.11 bits per heavy atom. The molecule has 0 spiro atoms. The SMILES string of the molecule is COc1ccc(OC)c(N(CC(=O)N(Cc2ccc(Cl)cc2)C(C)C(=O)NC2CCCC2)S(=O)(=O)c2ccc(OC)c(OC)c2)c1. The van der Waals surface area contributed by atoms with Gasteiger partial charge < -0.3 is 29.2 Å². The zero-order valence-electron chi connectivity index (χ0n) is 26.6. The average Bonchev–Trinajstić information content (AvgIpc) is 3.58. The van der Waals surface area contributed by atoms with Gasteiger partial charge in [-0.1, -0.05) is 36.6 Å². The lowest BCUT2D eigenvalue weighted by molar-refractivity contribution is -0.139. The van der Waals surface area contributed by atoms with Crippen LogP contribution in [0.1, 0.15) is 38.2 Å². The third-order valence-electron chi connectivity index (χ3n) is 8.01. The highest BCUT2D eigenvalue weighted by molar-refractivity contribution is 7.92. The molecule has 3 aromatic carbocycles. The molecule has 248 valence electrons. The predicted octanol–water partition coefficient (Wildman–Crippen LogP) is 5.05. The fraction of sp³-hybridized carbons (Fsp3) is 0.394.